The molecule has 119 valence electrons. The predicted octanol–water partition coefficient (Wildman–Crippen LogP) is 6.26. The van der Waals surface area contributed by atoms with Crippen LogP contribution in [0.3, 0.4) is 0 Å². The fourth-order valence-electron chi connectivity index (χ4n) is 2.70. The van der Waals surface area contributed by atoms with Gasteiger partial charge in [-0.3, -0.25) is 0 Å². The molecule has 1 nitrogen and oxygen atoms in total. The van der Waals surface area contributed by atoms with Gasteiger partial charge in [-0.25, -0.2) is 13.2 Å². The Bertz CT molecular complexity index is 1090. The summed E-state index contributed by atoms with van der Waals surface area (Å²) < 4.78 is 46.7. The third-order valence-corrected chi connectivity index (χ3v) is 4.08. The van der Waals surface area contributed by atoms with Crippen molar-refractivity contribution in [3.63, 3.8) is 0 Å². The Kier molecular flexibility index (Phi) is 3.50. The van der Waals surface area contributed by atoms with Gasteiger partial charge in [0.25, 0.3) is 0 Å². The summed E-state index contributed by atoms with van der Waals surface area (Å²) in [6, 6.07) is 12.0. The van der Waals surface area contributed by atoms with Crippen molar-refractivity contribution in [3.8, 4) is 0 Å². The highest BCUT2D eigenvalue weighted by atomic mass is 35.5. The van der Waals surface area contributed by atoms with E-state index in [1.807, 2.05) is 0 Å². The Labute approximate surface area is 140 Å². The second-order valence-corrected chi connectivity index (χ2v) is 5.84. The Morgan fingerprint density at radius 1 is 0.792 bits per heavy atom. The van der Waals surface area contributed by atoms with E-state index in [4.69, 9.17) is 16.0 Å². The van der Waals surface area contributed by atoms with Crippen LogP contribution in [-0.4, -0.2) is 0 Å². The van der Waals surface area contributed by atoms with Crippen LogP contribution in [0.15, 0.2) is 52.9 Å². The van der Waals surface area contributed by atoms with Crippen molar-refractivity contribution >= 4 is 33.5 Å². The van der Waals surface area contributed by atoms with Crippen LogP contribution in [0.25, 0.3) is 21.9 Å². The van der Waals surface area contributed by atoms with Gasteiger partial charge in [-0.05, 0) is 48.0 Å². The van der Waals surface area contributed by atoms with E-state index in [0.717, 1.165) is 22.9 Å². The zero-order valence-electron chi connectivity index (χ0n) is 12.1. The lowest BCUT2D eigenvalue weighted by Crippen LogP contribution is -1.98. The van der Waals surface area contributed by atoms with E-state index in [1.165, 1.54) is 6.42 Å². The lowest BCUT2D eigenvalue weighted by Gasteiger charge is -2.06. The van der Waals surface area contributed by atoms with Crippen LogP contribution in [0.4, 0.5) is 13.2 Å². The van der Waals surface area contributed by atoms with E-state index in [0.29, 0.717) is 21.8 Å². The molecule has 3 aromatic carbocycles. The lowest BCUT2D eigenvalue weighted by atomic mass is 10.0. The normalized spacial score (nSPS) is 11.5. The second kappa shape index (κ2) is 5.56. The van der Waals surface area contributed by atoms with Crippen LogP contribution in [-0.2, 0) is 0 Å². The third kappa shape index (κ3) is 2.43. The van der Waals surface area contributed by atoms with Gasteiger partial charge in [-0.15, -0.1) is 0 Å². The first kappa shape index (κ1) is 15.1. The quantitative estimate of drug-likeness (QED) is 0.391. The van der Waals surface area contributed by atoms with Crippen molar-refractivity contribution in [1.82, 2.24) is 0 Å². The van der Waals surface area contributed by atoms with E-state index < -0.39 is 23.0 Å². The SMILES string of the molecule is Fc1ccc(F)c([CH]c2ccc3oc4ccc(Cl)cc4c3c2)c1F. The van der Waals surface area contributed by atoms with Crippen molar-refractivity contribution in [2.45, 2.75) is 0 Å². The molecule has 1 heterocycles. The molecule has 5 heteroatoms. The fourth-order valence-corrected chi connectivity index (χ4v) is 2.87. The standard InChI is InChI=1S/C19H9ClF3O/c20-11-2-6-18-13(9-11)12-7-10(1-5-17(12)24-18)8-14-15(21)3-4-16(22)19(14)23/h1-9H. The molecule has 0 aliphatic carbocycles. The minimum Gasteiger partial charge on any atom is -0.456 e. The maximum absolute atomic E-state index is 13.8. The van der Waals surface area contributed by atoms with E-state index in [9.17, 15) is 13.2 Å². The first-order valence-corrected chi connectivity index (χ1v) is 7.51. The zero-order chi connectivity index (χ0) is 16.8. The molecule has 0 unspecified atom stereocenters. The summed E-state index contributed by atoms with van der Waals surface area (Å²) in [5, 5.41) is 2.12. The minimum atomic E-state index is -1.21. The number of benzene rings is 3. The molecule has 1 aromatic heterocycles. The van der Waals surface area contributed by atoms with Gasteiger partial charge in [0, 0.05) is 27.8 Å². The van der Waals surface area contributed by atoms with Crippen molar-refractivity contribution in [3.05, 3.63) is 88.6 Å². The van der Waals surface area contributed by atoms with Crippen molar-refractivity contribution < 1.29 is 17.6 Å². The number of hydrogen-bond acceptors (Lipinski definition) is 1. The third-order valence-electron chi connectivity index (χ3n) is 3.85. The van der Waals surface area contributed by atoms with Crippen LogP contribution in [0.5, 0.6) is 0 Å². The Morgan fingerprint density at radius 3 is 2.25 bits per heavy atom. The number of halogens is 4. The molecule has 4 rings (SSSR count). The van der Waals surface area contributed by atoms with Gasteiger partial charge in [0.2, 0.25) is 0 Å². The van der Waals surface area contributed by atoms with E-state index in [-0.39, 0.29) is 0 Å². The van der Waals surface area contributed by atoms with Gasteiger partial charge in [0.1, 0.15) is 17.0 Å². The van der Waals surface area contributed by atoms with Gasteiger partial charge in [0.05, 0.1) is 0 Å². The molecule has 24 heavy (non-hydrogen) atoms. The average molecular weight is 346 g/mol. The maximum Gasteiger partial charge on any atom is 0.165 e. The smallest absolute Gasteiger partial charge is 0.165 e. The summed E-state index contributed by atoms with van der Waals surface area (Å²) in [5.41, 5.74) is 1.40. The molecule has 0 fully saturated rings. The van der Waals surface area contributed by atoms with Crippen LogP contribution in [0.2, 0.25) is 5.02 Å². The number of furan rings is 1. The van der Waals surface area contributed by atoms with Crippen LogP contribution >= 0.6 is 11.6 Å². The Morgan fingerprint density at radius 2 is 1.46 bits per heavy atom. The monoisotopic (exact) mass is 345 g/mol. The summed E-state index contributed by atoms with van der Waals surface area (Å²) in [7, 11) is 0. The molecule has 0 saturated carbocycles. The summed E-state index contributed by atoms with van der Waals surface area (Å²) in [4.78, 5) is 0. The number of rotatable bonds is 2. The van der Waals surface area contributed by atoms with Gasteiger partial charge in [-0.2, -0.15) is 0 Å². The topological polar surface area (TPSA) is 13.1 Å². The molecule has 0 amide bonds. The highest BCUT2D eigenvalue weighted by Crippen LogP contribution is 2.32. The summed E-state index contributed by atoms with van der Waals surface area (Å²) in [6.45, 7) is 0. The van der Waals surface area contributed by atoms with Crippen molar-refractivity contribution in [2.75, 3.05) is 0 Å². The van der Waals surface area contributed by atoms with Gasteiger partial charge in [-0.1, -0.05) is 17.7 Å². The first-order valence-electron chi connectivity index (χ1n) is 7.13. The van der Waals surface area contributed by atoms with Gasteiger partial charge >= 0.3 is 0 Å². The summed E-state index contributed by atoms with van der Waals surface area (Å²) in [5.74, 6) is -3.13. The van der Waals surface area contributed by atoms with Crippen molar-refractivity contribution in [2.24, 2.45) is 0 Å². The van der Waals surface area contributed by atoms with Crippen LogP contribution < -0.4 is 0 Å². The van der Waals surface area contributed by atoms with Crippen LogP contribution in [0, 0.1) is 23.9 Å². The molecule has 0 spiro atoms. The highest BCUT2D eigenvalue weighted by Gasteiger charge is 2.15. The molecule has 4 aromatic rings. The van der Waals surface area contributed by atoms with E-state index in [2.05, 4.69) is 0 Å². The van der Waals surface area contributed by atoms with E-state index >= 15 is 0 Å². The molecule has 0 saturated heterocycles. The molecule has 0 atom stereocenters. The largest absolute Gasteiger partial charge is 0.456 e. The van der Waals surface area contributed by atoms with E-state index in [1.54, 1.807) is 36.4 Å². The Hall–Kier alpha value is -2.46. The maximum atomic E-state index is 13.8. The highest BCUT2D eigenvalue weighted by molar-refractivity contribution is 6.31. The summed E-state index contributed by atoms with van der Waals surface area (Å²) in [6.07, 6.45) is 1.26. The molecule has 0 N–H and O–H groups in total. The molecular weight excluding hydrogens is 337 g/mol. The Balaban J connectivity index is 1.85. The number of hydrogen-bond donors (Lipinski definition) is 0. The molecule has 1 radical (unpaired) electrons. The number of fused-ring (bicyclic) bond motifs is 3. The van der Waals surface area contributed by atoms with Crippen molar-refractivity contribution in [1.29, 1.82) is 0 Å². The first-order chi connectivity index (χ1) is 11.5. The molecular formula is C19H9ClF3O. The molecule has 0 bridgehead atoms. The average Bonchev–Trinajstić information content (AvgIpc) is 2.92. The second-order valence-electron chi connectivity index (χ2n) is 5.40. The summed E-state index contributed by atoms with van der Waals surface area (Å²) >= 11 is 6.01. The predicted molar refractivity (Wildman–Crippen MR) is 87.6 cm³/mol. The minimum absolute atomic E-state index is 0.416. The lowest BCUT2D eigenvalue weighted by molar-refractivity contribution is 0.488. The molecule has 0 aliphatic heterocycles. The van der Waals surface area contributed by atoms with Gasteiger partial charge < -0.3 is 4.42 Å². The van der Waals surface area contributed by atoms with Gasteiger partial charge in [0.15, 0.2) is 11.6 Å². The zero-order valence-corrected chi connectivity index (χ0v) is 12.9. The fraction of sp³-hybridized carbons (Fsp3) is 0. The molecule has 0 aliphatic rings. The van der Waals surface area contributed by atoms with Crippen LogP contribution in [0.1, 0.15) is 11.1 Å².